The maximum absolute atomic E-state index is 11.5. The maximum Gasteiger partial charge on any atom is 0.339 e. The standard InChI is InChI=1S/C18H15NO4/c1-22-14-8-3-6-13(16(14)18(20)21)11-23-15-9-2-5-12-7-4-10-19-17(12)15/h2-10H,11H2,1H3,(H,20,21). The Labute approximate surface area is 133 Å². The van der Waals surface area contributed by atoms with Crippen molar-refractivity contribution in [3.63, 3.8) is 0 Å². The van der Waals surface area contributed by atoms with Crippen LogP contribution >= 0.6 is 0 Å². The van der Waals surface area contributed by atoms with Gasteiger partial charge in [0.25, 0.3) is 0 Å². The van der Waals surface area contributed by atoms with Gasteiger partial charge in [-0.2, -0.15) is 0 Å². The predicted molar refractivity (Wildman–Crippen MR) is 86.0 cm³/mol. The van der Waals surface area contributed by atoms with Crippen molar-refractivity contribution in [3.8, 4) is 11.5 Å². The minimum Gasteiger partial charge on any atom is -0.496 e. The van der Waals surface area contributed by atoms with E-state index < -0.39 is 5.97 Å². The molecule has 0 fully saturated rings. The molecule has 0 unspecified atom stereocenters. The summed E-state index contributed by atoms with van der Waals surface area (Å²) < 4.78 is 10.9. The Kier molecular flexibility index (Phi) is 4.10. The topological polar surface area (TPSA) is 68.7 Å². The molecule has 0 radical (unpaired) electrons. The molecular formula is C18H15NO4. The Morgan fingerprint density at radius 2 is 1.83 bits per heavy atom. The van der Waals surface area contributed by atoms with E-state index >= 15 is 0 Å². The zero-order chi connectivity index (χ0) is 16.2. The number of carboxylic acid groups (broad SMARTS) is 1. The van der Waals surface area contributed by atoms with Gasteiger partial charge in [-0.15, -0.1) is 0 Å². The molecule has 0 saturated heterocycles. The fourth-order valence-corrected chi connectivity index (χ4v) is 2.46. The minimum atomic E-state index is -1.04. The summed E-state index contributed by atoms with van der Waals surface area (Å²) >= 11 is 0. The number of hydrogen-bond acceptors (Lipinski definition) is 4. The van der Waals surface area contributed by atoms with Crippen molar-refractivity contribution in [1.82, 2.24) is 4.98 Å². The average Bonchev–Trinajstić information content (AvgIpc) is 2.59. The van der Waals surface area contributed by atoms with Crippen molar-refractivity contribution < 1.29 is 19.4 Å². The lowest BCUT2D eigenvalue weighted by atomic mass is 10.1. The van der Waals surface area contributed by atoms with Gasteiger partial charge in [-0.25, -0.2) is 4.79 Å². The second kappa shape index (κ2) is 6.36. The number of aromatic nitrogens is 1. The first-order valence-corrected chi connectivity index (χ1v) is 7.06. The predicted octanol–water partition coefficient (Wildman–Crippen LogP) is 3.52. The van der Waals surface area contributed by atoms with Crippen LogP contribution < -0.4 is 9.47 Å². The first-order chi connectivity index (χ1) is 11.2. The van der Waals surface area contributed by atoms with Crippen LogP contribution in [-0.2, 0) is 6.61 Å². The Morgan fingerprint density at radius 1 is 1.09 bits per heavy atom. The van der Waals surface area contributed by atoms with E-state index in [9.17, 15) is 9.90 Å². The third-order valence-electron chi connectivity index (χ3n) is 3.53. The molecule has 1 aromatic heterocycles. The molecule has 1 heterocycles. The number of carboxylic acids is 1. The van der Waals surface area contributed by atoms with E-state index in [0.29, 0.717) is 17.1 Å². The van der Waals surface area contributed by atoms with Crippen LogP contribution in [0.15, 0.2) is 54.7 Å². The monoisotopic (exact) mass is 309 g/mol. The smallest absolute Gasteiger partial charge is 0.339 e. The van der Waals surface area contributed by atoms with Crippen LogP contribution in [-0.4, -0.2) is 23.2 Å². The molecular weight excluding hydrogens is 294 g/mol. The Hall–Kier alpha value is -3.08. The van der Waals surface area contributed by atoms with Crippen LogP contribution in [0.1, 0.15) is 15.9 Å². The number of rotatable bonds is 5. The van der Waals surface area contributed by atoms with Gasteiger partial charge in [0.05, 0.1) is 7.11 Å². The molecule has 0 aliphatic carbocycles. The van der Waals surface area contributed by atoms with E-state index in [1.54, 1.807) is 24.4 Å². The van der Waals surface area contributed by atoms with Crippen molar-refractivity contribution in [2.45, 2.75) is 6.61 Å². The van der Waals surface area contributed by atoms with Crippen LogP contribution in [0.2, 0.25) is 0 Å². The molecule has 0 atom stereocenters. The highest BCUT2D eigenvalue weighted by Gasteiger charge is 2.16. The number of aromatic carboxylic acids is 1. The zero-order valence-electron chi connectivity index (χ0n) is 12.5. The molecule has 0 amide bonds. The quantitative estimate of drug-likeness (QED) is 0.781. The van der Waals surface area contributed by atoms with Crippen molar-refractivity contribution in [2.75, 3.05) is 7.11 Å². The summed E-state index contributed by atoms with van der Waals surface area (Å²) in [4.78, 5) is 15.8. The van der Waals surface area contributed by atoms with Crippen LogP contribution in [0.4, 0.5) is 0 Å². The molecule has 1 N–H and O–H groups in total. The number of nitrogens with zero attached hydrogens (tertiary/aromatic N) is 1. The normalized spacial score (nSPS) is 10.5. The molecule has 2 aromatic carbocycles. The molecule has 3 aromatic rings. The van der Waals surface area contributed by atoms with Gasteiger partial charge in [-0.3, -0.25) is 4.98 Å². The SMILES string of the molecule is COc1cccc(COc2cccc3cccnc23)c1C(=O)O. The second-order valence-corrected chi connectivity index (χ2v) is 4.92. The number of methoxy groups -OCH3 is 1. The molecule has 0 aliphatic heterocycles. The first-order valence-electron chi connectivity index (χ1n) is 7.06. The Morgan fingerprint density at radius 3 is 2.61 bits per heavy atom. The largest absolute Gasteiger partial charge is 0.496 e. The second-order valence-electron chi connectivity index (χ2n) is 4.92. The molecule has 0 saturated carbocycles. The van der Waals surface area contributed by atoms with E-state index in [-0.39, 0.29) is 12.2 Å². The van der Waals surface area contributed by atoms with E-state index in [2.05, 4.69) is 4.98 Å². The van der Waals surface area contributed by atoms with Gasteiger partial charge in [0.2, 0.25) is 0 Å². The summed E-state index contributed by atoms with van der Waals surface area (Å²) in [7, 11) is 1.45. The fraction of sp³-hybridized carbons (Fsp3) is 0.111. The number of fused-ring (bicyclic) bond motifs is 1. The van der Waals surface area contributed by atoms with Crippen LogP contribution in [0.5, 0.6) is 11.5 Å². The average molecular weight is 309 g/mol. The van der Waals surface area contributed by atoms with Gasteiger partial charge in [0.15, 0.2) is 0 Å². The Balaban J connectivity index is 1.93. The summed E-state index contributed by atoms with van der Waals surface area (Å²) in [6.45, 7) is 0.120. The van der Waals surface area contributed by atoms with Gasteiger partial charge in [0.1, 0.15) is 29.2 Å². The fourth-order valence-electron chi connectivity index (χ4n) is 2.46. The summed E-state index contributed by atoms with van der Waals surface area (Å²) in [5, 5.41) is 10.4. The summed E-state index contributed by atoms with van der Waals surface area (Å²) in [5.41, 5.74) is 1.41. The van der Waals surface area contributed by atoms with Crippen molar-refractivity contribution in [2.24, 2.45) is 0 Å². The first kappa shape index (κ1) is 14.8. The highest BCUT2D eigenvalue weighted by atomic mass is 16.5. The van der Waals surface area contributed by atoms with E-state index in [0.717, 1.165) is 10.9 Å². The lowest BCUT2D eigenvalue weighted by Crippen LogP contribution is -2.08. The number of para-hydroxylation sites is 1. The van der Waals surface area contributed by atoms with Gasteiger partial charge < -0.3 is 14.6 Å². The highest BCUT2D eigenvalue weighted by Crippen LogP contribution is 2.26. The summed E-state index contributed by atoms with van der Waals surface area (Å²) in [6, 6.07) is 14.5. The molecule has 116 valence electrons. The van der Waals surface area contributed by atoms with Gasteiger partial charge >= 0.3 is 5.97 Å². The van der Waals surface area contributed by atoms with Gasteiger partial charge in [-0.1, -0.05) is 30.3 Å². The van der Waals surface area contributed by atoms with Crippen molar-refractivity contribution >= 4 is 16.9 Å². The third-order valence-corrected chi connectivity index (χ3v) is 3.53. The molecule has 5 nitrogen and oxygen atoms in total. The summed E-state index contributed by atoms with van der Waals surface area (Å²) in [6.07, 6.45) is 1.70. The molecule has 0 spiro atoms. The van der Waals surface area contributed by atoms with Crippen LogP contribution in [0, 0.1) is 0 Å². The lowest BCUT2D eigenvalue weighted by molar-refractivity contribution is 0.0690. The van der Waals surface area contributed by atoms with Crippen molar-refractivity contribution in [3.05, 3.63) is 65.9 Å². The van der Waals surface area contributed by atoms with E-state index in [1.807, 2.05) is 30.3 Å². The Bertz CT molecular complexity index is 855. The van der Waals surface area contributed by atoms with Gasteiger partial charge in [-0.05, 0) is 18.2 Å². The van der Waals surface area contributed by atoms with Crippen molar-refractivity contribution in [1.29, 1.82) is 0 Å². The molecule has 0 bridgehead atoms. The highest BCUT2D eigenvalue weighted by molar-refractivity contribution is 5.92. The summed E-state index contributed by atoms with van der Waals surface area (Å²) in [5.74, 6) is -0.117. The van der Waals surface area contributed by atoms with E-state index in [4.69, 9.17) is 9.47 Å². The number of pyridine rings is 1. The zero-order valence-corrected chi connectivity index (χ0v) is 12.5. The molecule has 0 aliphatic rings. The van der Waals surface area contributed by atoms with E-state index in [1.165, 1.54) is 7.11 Å². The lowest BCUT2D eigenvalue weighted by Gasteiger charge is -2.12. The third kappa shape index (κ3) is 2.94. The molecule has 23 heavy (non-hydrogen) atoms. The molecule has 5 heteroatoms. The van der Waals surface area contributed by atoms with Crippen LogP contribution in [0.25, 0.3) is 10.9 Å². The maximum atomic E-state index is 11.5. The number of carbonyl (C=O) groups is 1. The van der Waals surface area contributed by atoms with Crippen LogP contribution in [0.3, 0.4) is 0 Å². The number of benzene rings is 2. The number of hydrogen-bond donors (Lipinski definition) is 1. The number of ether oxygens (including phenoxy) is 2. The minimum absolute atomic E-state index is 0.114. The molecule has 3 rings (SSSR count). The van der Waals surface area contributed by atoms with Gasteiger partial charge in [0, 0.05) is 17.1 Å².